The van der Waals surface area contributed by atoms with Crippen LogP contribution >= 0.6 is 23.2 Å². The minimum atomic E-state index is -0.914. The van der Waals surface area contributed by atoms with Crippen molar-refractivity contribution in [3.05, 3.63) is 28.2 Å². The van der Waals surface area contributed by atoms with Crippen LogP contribution in [0.3, 0.4) is 0 Å². The van der Waals surface area contributed by atoms with Crippen LogP contribution in [0.1, 0.15) is 19.8 Å². The number of carboxylic acids is 1. The Morgan fingerprint density at radius 3 is 2.44 bits per heavy atom. The number of halogens is 2. The average molecular weight is 390 g/mol. The molecular formula is C17H21Cl2NO5. The number of carbonyl (C=O) groups is 2. The first-order valence-corrected chi connectivity index (χ1v) is 8.83. The van der Waals surface area contributed by atoms with Gasteiger partial charge in [0.05, 0.1) is 5.92 Å². The van der Waals surface area contributed by atoms with Gasteiger partial charge in [0.25, 0.3) is 5.91 Å². The zero-order valence-electron chi connectivity index (χ0n) is 13.8. The molecule has 0 saturated carbocycles. The summed E-state index contributed by atoms with van der Waals surface area (Å²) in [5.74, 6) is -1.58. The number of aliphatic carboxylic acids is 1. The second-order valence-electron chi connectivity index (χ2n) is 6.00. The third-order valence-electron chi connectivity index (χ3n) is 4.17. The number of carboxylic acid groups (broad SMARTS) is 1. The van der Waals surface area contributed by atoms with Crippen molar-refractivity contribution in [1.29, 1.82) is 0 Å². The molecule has 1 aromatic carbocycles. The topological polar surface area (TPSA) is 84.9 Å². The summed E-state index contributed by atoms with van der Waals surface area (Å²) in [5, 5.41) is 12.9. The summed E-state index contributed by atoms with van der Waals surface area (Å²) in [6.45, 7) is 2.74. The Bertz CT molecular complexity index is 599. The van der Waals surface area contributed by atoms with Crippen LogP contribution in [0.2, 0.25) is 10.0 Å². The van der Waals surface area contributed by atoms with E-state index in [1.807, 2.05) is 0 Å². The Balaban J connectivity index is 1.89. The second kappa shape index (κ2) is 9.27. The van der Waals surface area contributed by atoms with Gasteiger partial charge < -0.3 is 19.9 Å². The lowest BCUT2D eigenvalue weighted by atomic mass is 9.86. The maximum atomic E-state index is 12.2. The average Bonchev–Trinajstić information content (AvgIpc) is 2.54. The molecule has 2 atom stereocenters. The normalized spacial score (nSPS) is 17.6. The molecule has 25 heavy (non-hydrogen) atoms. The van der Waals surface area contributed by atoms with Crippen LogP contribution in [0.5, 0.6) is 5.75 Å². The molecule has 8 heteroatoms. The zero-order valence-corrected chi connectivity index (χ0v) is 15.3. The van der Waals surface area contributed by atoms with Gasteiger partial charge in [-0.2, -0.15) is 0 Å². The molecule has 0 bridgehead atoms. The lowest BCUT2D eigenvalue weighted by Crippen LogP contribution is -2.43. The van der Waals surface area contributed by atoms with Crippen molar-refractivity contribution in [2.24, 2.45) is 11.8 Å². The van der Waals surface area contributed by atoms with Gasteiger partial charge in [0, 0.05) is 29.8 Å². The van der Waals surface area contributed by atoms with E-state index >= 15 is 0 Å². The van der Waals surface area contributed by atoms with E-state index in [1.165, 1.54) is 0 Å². The summed E-state index contributed by atoms with van der Waals surface area (Å²) in [4.78, 5) is 23.7. The van der Waals surface area contributed by atoms with Crippen LogP contribution in [-0.2, 0) is 14.3 Å². The van der Waals surface area contributed by atoms with Crippen LogP contribution < -0.4 is 10.1 Å². The predicted octanol–water partition coefficient (Wildman–Crippen LogP) is 3.00. The second-order valence-corrected chi connectivity index (χ2v) is 6.88. The largest absolute Gasteiger partial charge is 0.481 e. The molecule has 0 spiro atoms. The smallest absolute Gasteiger partial charge is 0.308 e. The van der Waals surface area contributed by atoms with Gasteiger partial charge >= 0.3 is 5.97 Å². The lowest BCUT2D eigenvalue weighted by Gasteiger charge is -2.28. The Kier molecular flexibility index (Phi) is 7.35. The van der Waals surface area contributed by atoms with Gasteiger partial charge in [-0.05, 0) is 43.9 Å². The Morgan fingerprint density at radius 1 is 1.28 bits per heavy atom. The summed E-state index contributed by atoms with van der Waals surface area (Å²) in [5.41, 5.74) is 0. The quantitative estimate of drug-likeness (QED) is 0.748. The highest BCUT2D eigenvalue weighted by Crippen LogP contribution is 2.25. The fraction of sp³-hybridized carbons (Fsp3) is 0.529. The summed E-state index contributed by atoms with van der Waals surface area (Å²) in [7, 11) is 0. The summed E-state index contributed by atoms with van der Waals surface area (Å²) >= 11 is 11.8. The first-order chi connectivity index (χ1) is 11.9. The van der Waals surface area contributed by atoms with Crippen LogP contribution in [0.25, 0.3) is 0 Å². The van der Waals surface area contributed by atoms with Gasteiger partial charge in [-0.3, -0.25) is 9.59 Å². The molecule has 2 unspecified atom stereocenters. The Morgan fingerprint density at radius 2 is 1.88 bits per heavy atom. The highest BCUT2D eigenvalue weighted by Gasteiger charge is 2.30. The minimum absolute atomic E-state index is 0.00508. The molecule has 2 N–H and O–H groups in total. The molecular weight excluding hydrogens is 369 g/mol. The molecule has 1 aliphatic rings. The Labute approximate surface area is 156 Å². The maximum Gasteiger partial charge on any atom is 0.308 e. The van der Waals surface area contributed by atoms with Crippen LogP contribution in [-0.4, -0.2) is 42.8 Å². The van der Waals surface area contributed by atoms with Gasteiger partial charge in [0.15, 0.2) is 6.10 Å². The van der Waals surface area contributed by atoms with Crippen molar-refractivity contribution >= 4 is 35.1 Å². The molecule has 6 nitrogen and oxygen atoms in total. The molecule has 0 aromatic heterocycles. The van der Waals surface area contributed by atoms with Crippen LogP contribution in [0, 0.1) is 11.8 Å². The molecule has 1 fully saturated rings. The van der Waals surface area contributed by atoms with Gasteiger partial charge in [0.1, 0.15) is 5.75 Å². The minimum Gasteiger partial charge on any atom is -0.481 e. The molecule has 2 rings (SSSR count). The lowest BCUT2D eigenvalue weighted by molar-refractivity contribution is -0.145. The molecule has 0 radical (unpaired) electrons. The third kappa shape index (κ3) is 6.06. The Hall–Kier alpha value is -1.50. The number of amides is 1. The first kappa shape index (κ1) is 19.8. The number of rotatable bonds is 7. The predicted molar refractivity (Wildman–Crippen MR) is 94.2 cm³/mol. The maximum absolute atomic E-state index is 12.2. The van der Waals surface area contributed by atoms with Crippen molar-refractivity contribution < 1.29 is 24.2 Å². The number of hydrogen-bond acceptors (Lipinski definition) is 4. The molecule has 1 saturated heterocycles. The van der Waals surface area contributed by atoms with E-state index in [0.29, 0.717) is 41.9 Å². The van der Waals surface area contributed by atoms with E-state index < -0.39 is 23.9 Å². The fourth-order valence-electron chi connectivity index (χ4n) is 2.78. The molecule has 138 valence electrons. The van der Waals surface area contributed by atoms with E-state index in [-0.39, 0.29) is 12.5 Å². The number of benzene rings is 1. The summed E-state index contributed by atoms with van der Waals surface area (Å²) in [6.07, 6.45) is 0.554. The molecule has 1 aromatic rings. The molecule has 1 heterocycles. The van der Waals surface area contributed by atoms with Gasteiger partial charge in [-0.15, -0.1) is 0 Å². The van der Waals surface area contributed by atoms with E-state index in [9.17, 15) is 14.7 Å². The summed E-state index contributed by atoms with van der Waals surface area (Å²) < 4.78 is 10.8. The van der Waals surface area contributed by atoms with Gasteiger partial charge in [-0.25, -0.2) is 0 Å². The standard InChI is InChI=1S/C17H21Cl2NO5/c1-10(25-14-7-12(18)6-13(19)8-14)16(21)20-9-15(17(22)23)11-2-4-24-5-3-11/h6-8,10-11,15H,2-5,9H2,1H3,(H,20,21)(H,22,23). The van der Waals surface area contributed by atoms with Crippen molar-refractivity contribution in [2.75, 3.05) is 19.8 Å². The number of nitrogens with one attached hydrogen (secondary N) is 1. The molecule has 1 amide bonds. The molecule has 1 aliphatic heterocycles. The van der Waals surface area contributed by atoms with Crippen LogP contribution in [0.15, 0.2) is 18.2 Å². The monoisotopic (exact) mass is 389 g/mol. The summed E-state index contributed by atoms with van der Waals surface area (Å²) in [6, 6.07) is 4.67. The van der Waals surface area contributed by atoms with E-state index in [0.717, 1.165) is 0 Å². The van der Waals surface area contributed by atoms with E-state index in [4.69, 9.17) is 32.7 Å². The third-order valence-corrected chi connectivity index (χ3v) is 4.60. The number of ether oxygens (including phenoxy) is 2. The van der Waals surface area contributed by atoms with Crippen molar-refractivity contribution in [3.8, 4) is 5.75 Å². The van der Waals surface area contributed by atoms with Crippen molar-refractivity contribution in [1.82, 2.24) is 5.32 Å². The fourth-order valence-corrected chi connectivity index (χ4v) is 3.29. The number of carbonyl (C=O) groups excluding carboxylic acids is 1. The van der Waals surface area contributed by atoms with Gasteiger partial charge in [-0.1, -0.05) is 23.2 Å². The highest BCUT2D eigenvalue weighted by atomic mass is 35.5. The SMILES string of the molecule is CC(Oc1cc(Cl)cc(Cl)c1)C(=O)NCC(C(=O)O)C1CCOCC1. The van der Waals surface area contributed by atoms with Crippen molar-refractivity contribution in [3.63, 3.8) is 0 Å². The van der Waals surface area contributed by atoms with Gasteiger partial charge in [0.2, 0.25) is 0 Å². The zero-order chi connectivity index (χ0) is 18.4. The van der Waals surface area contributed by atoms with E-state index in [1.54, 1.807) is 25.1 Å². The van der Waals surface area contributed by atoms with Crippen molar-refractivity contribution in [2.45, 2.75) is 25.9 Å². The van der Waals surface area contributed by atoms with E-state index in [2.05, 4.69) is 5.32 Å². The number of hydrogen-bond donors (Lipinski definition) is 2. The highest BCUT2D eigenvalue weighted by molar-refractivity contribution is 6.34. The first-order valence-electron chi connectivity index (χ1n) is 8.08. The molecule has 0 aliphatic carbocycles. The van der Waals surface area contributed by atoms with Crippen LogP contribution in [0.4, 0.5) is 0 Å².